The van der Waals surface area contributed by atoms with Crippen molar-refractivity contribution in [1.29, 1.82) is 0 Å². The van der Waals surface area contributed by atoms with E-state index in [4.69, 9.17) is 9.84 Å². The molecule has 1 N–H and O–H groups in total. The Hall–Kier alpha value is -0.420. The lowest BCUT2D eigenvalue weighted by Crippen LogP contribution is -2.29. The van der Waals surface area contributed by atoms with E-state index in [0.717, 1.165) is 13.1 Å². The van der Waals surface area contributed by atoms with Gasteiger partial charge in [0.05, 0.1) is 13.2 Å². The van der Waals surface area contributed by atoms with Gasteiger partial charge in [-0.15, -0.1) is 0 Å². The molecule has 1 rings (SSSR count). The third kappa shape index (κ3) is 4.19. The quantitative estimate of drug-likeness (QED) is 0.741. The van der Waals surface area contributed by atoms with Gasteiger partial charge in [-0.3, -0.25) is 4.90 Å². The maximum Gasteiger partial charge on any atom is 0.0589 e. The Bertz CT molecular complexity index is 226. The standard InChI is InChI=1S/C10H17NO2S/c1-13-6-4-11(3-5-12)8-10-2-7-14-9-10/h2,7,9,12H,3-6,8H2,1H3. The van der Waals surface area contributed by atoms with Crippen LogP contribution in [0.2, 0.25) is 0 Å². The molecule has 0 aromatic carbocycles. The molecule has 0 unspecified atom stereocenters. The van der Waals surface area contributed by atoms with Crippen LogP contribution >= 0.6 is 11.3 Å². The van der Waals surface area contributed by atoms with Crippen LogP contribution in [-0.4, -0.2) is 43.4 Å². The van der Waals surface area contributed by atoms with Crippen molar-refractivity contribution in [2.24, 2.45) is 0 Å². The highest BCUT2D eigenvalue weighted by atomic mass is 32.1. The van der Waals surface area contributed by atoms with E-state index in [1.54, 1.807) is 18.4 Å². The number of rotatable bonds is 7. The fourth-order valence-corrected chi connectivity index (χ4v) is 1.93. The van der Waals surface area contributed by atoms with Crippen molar-refractivity contribution in [2.75, 3.05) is 33.4 Å². The SMILES string of the molecule is COCCN(CCO)Cc1ccsc1. The van der Waals surface area contributed by atoms with Gasteiger partial charge in [-0.25, -0.2) is 0 Å². The summed E-state index contributed by atoms with van der Waals surface area (Å²) >= 11 is 1.70. The first kappa shape index (κ1) is 11.7. The van der Waals surface area contributed by atoms with E-state index in [-0.39, 0.29) is 6.61 Å². The lowest BCUT2D eigenvalue weighted by atomic mass is 10.3. The third-order valence-electron chi connectivity index (χ3n) is 2.01. The number of aliphatic hydroxyl groups is 1. The zero-order valence-corrected chi connectivity index (χ0v) is 9.30. The summed E-state index contributed by atoms with van der Waals surface area (Å²) in [6.45, 7) is 3.39. The van der Waals surface area contributed by atoms with Crippen LogP contribution in [0.5, 0.6) is 0 Å². The van der Waals surface area contributed by atoms with Crippen molar-refractivity contribution in [2.45, 2.75) is 6.54 Å². The fraction of sp³-hybridized carbons (Fsp3) is 0.600. The van der Waals surface area contributed by atoms with Gasteiger partial charge in [0.15, 0.2) is 0 Å². The van der Waals surface area contributed by atoms with Crippen molar-refractivity contribution in [3.05, 3.63) is 22.4 Å². The molecule has 3 nitrogen and oxygen atoms in total. The van der Waals surface area contributed by atoms with Crippen LogP contribution in [0.15, 0.2) is 16.8 Å². The highest BCUT2D eigenvalue weighted by Crippen LogP contribution is 2.08. The first-order chi connectivity index (χ1) is 6.86. The van der Waals surface area contributed by atoms with Gasteiger partial charge in [0.2, 0.25) is 0 Å². The van der Waals surface area contributed by atoms with E-state index in [9.17, 15) is 0 Å². The molecule has 0 bridgehead atoms. The highest BCUT2D eigenvalue weighted by Gasteiger charge is 2.04. The van der Waals surface area contributed by atoms with Gasteiger partial charge in [0, 0.05) is 26.7 Å². The number of hydrogen-bond acceptors (Lipinski definition) is 4. The fourth-order valence-electron chi connectivity index (χ4n) is 1.27. The molecule has 0 amide bonds. The van der Waals surface area contributed by atoms with Gasteiger partial charge in [0.25, 0.3) is 0 Å². The molecule has 0 aliphatic heterocycles. The normalized spacial score (nSPS) is 11.1. The van der Waals surface area contributed by atoms with Crippen LogP contribution in [-0.2, 0) is 11.3 Å². The summed E-state index contributed by atoms with van der Waals surface area (Å²) in [5.74, 6) is 0. The van der Waals surface area contributed by atoms with E-state index in [2.05, 4.69) is 21.7 Å². The molecule has 0 fully saturated rings. The molecule has 1 heterocycles. The third-order valence-corrected chi connectivity index (χ3v) is 2.75. The molecular formula is C10H17NO2S. The average Bonchev–Trinajstić information content (AvgIpc) is 2.67. The number of ether oxygens (including phenoxy) is 1. The van der Waals surface area contributed by atoms with Crippen LogP contribution in [0.1, 0.15) is 5.56 Å². The van der Waals surface area contributed by atoms with Crippen LogP contribution in [0.4, 0.5) is 0 Å². The van der Waals surface area contributed by atoms with Crippen molar-refractivity contribution >= 4 is 11.3 Å². The van der Waals surface area contributed by atoms with Crippen LogP contribution < -0.4 is 0 Å². The monoisotopic (exact) mass is 215 g/mol. The number of thiophene rings is 1. The van der Waals surface area contributed by atoms with Crippen LogP contribution in [0.25, 0.3) is 0 Å². The lowest BCUT2D eigenvalue weighted by molar-refractivity contribution is 0.127. The van der Waals surface area contributed by atoms with Gasteiger partial charge in [-0.2, -0.15) is 11.3 Å². The van der Waals surface area contributed by atoms with Gasteiger partial charge < -0.3 is 9.84 Å². The van der Waals surface area contributed by atoms with Crippen LogP contribution in [0, 0.1) is 0 Å². The molecule has 0 radical (unpaired) electrons. The molecule has 0 aliphatic rings. The molecule has 0 aliphatic carbocycles. The van der Waals surface area contributed by atoms with Crippen molar-refractivity contribution in [1.82, 2.24) is 4.90 Å². The van der Waals surface area contributed by atoms with Gasteiger partial charge in [0.1, 0.15) is 0 Å². The Morgan fingerprint density at radius 2 is 2.36 bits per heavy atom. The summed E-state index contributed by atoms with van der Waals surface area (Å²) in [7, 11) is 1.70. The molecule has 0 spiro atoms. The van der Waals surface area contributed by atoms with E-state index < -0.39 is 0 Å². The summed E-state index contributed by atoms with van der Waals surface area (Å²) < 4.78 is 5.02. The molecule has 0 saturated heterocycles. The number of hydrogen-bond donors (Lipinski definition) is 1. The van der Waals surface area contributed by atoms with Gasteiger partial charge in [-0.1, -0.05) is 0 Å². The Balaban J connectivity index is 2.34. The van der Waals surface area contributed by atoms with Crippen molar-refractivity contribution in [3.63, 3.8) is 0 Å². The van der Waals surface area contributed by atoms with E-state index in [1.165, 1.54) is 5.56 Å². The predicted molar refractivity (Wildman–Crippen MR) is 58.6 cm³/mol. The molecule has 80 valence electrons. The van der Waals surface area contributed by atoms with E-state index >= 15 is 0 Å². The lowest BCUT2D eigenvalue weighted by Gasteiger charge is -2.19. The Labute approximate surface area is 88.9 Å². The minimum atomic E-state index is 0.202. The second-order valence-electron chi connectivity index (χ2n) is 3.12. The van der Waals surface area contributed by atoms with Gasteiger partial charge in [-0.05, 0) is 22.4 Å². The average molecular weight is 215 g/mol. The van der Waals surface area contributed by atoms with Crippen molar-refractivity contribution in [3.8, 4) is 0 Å². The largest absolute Gasteiger partial charge is 0.395 e. The first-order valence-corrected chi connectivity index (χ1v) is 5.64. The van der Waals surface area contributed by atoms with Gasteiger partial charge >= 0.3 is 0 Å². The zero-order chi connectivity index (χ0) is 10.2. The minimum absolute atomic E-state index is 0.202. The highest BCUT2D eigenvalue weighted by molar-refractivity contribution is 7.07. The maximum atomic E-state index is 8.88. The Morgan fingerprint density at radius 1 is 1.50 bits per heavy atom. The topological polar surface area (TPSA) is 32.7 Å². The smallest absolute Gasteiger partial charge is 0.0589 e. The Kier molecular flexibility index (Phi) is 5.78. The minimum Gasteiger partial charge on any atom is -0.395 e. The van der Waals surface area contributed by atoms with E-state index in [0.29, 0.717) is 13.2 Å². The molecular weight excluding hydrogens is 198 g/mol. The first-order valence-electron chi connectivity index (χ1n) is 4.70. The molecule has 0 saturated carbocycles. The Morgan fingerprint density at radius 3 is 2.93 bits per heavy atom. The summed E-state index contributed by atoms with van der Waals surface area (Å²) in [6.07, 6.45) is 0. The summed E-state index contributed by atoms with van der Waals surface area (Å²) in [4.78, 5) is 2.19. The molecule has 14 heavy (non-hydrogen) atoms. The molecule has 1 aromatic heterocycles. The molecule has 1 aromatic rings. The molecule has 4 heteroatoms. The number of methoxy groups -OCH3 is 1. The van der Waals surface area contributed by atoms with Crippen LogP contribution in [0.3, 0.4) is 0 Å². The summed E-state index contributed by atoms with van der Waals surface area (Å²) in [5, 5.41) is 13.1. The zero-order valence-electron chi connectivity index (χ0n) is 8.48. The maximum absolute atomic E-state index is 8.88. The van der Waals surface area contributed by atoms with E-state index in [1.807, 2.05) is 0 Å². The summed E-state index contributed by atoms with van der Waals surface area (Å²) in [6, 6.07) is 2.11. The second kappa shape index (κ2) is 6.95. The van der Waals surface area contributed by atoms with Crippen molar-refractivity contribution < 1.29 is 9.84 Å². The number of aliphatic hydroxyl groups excluding tert-OH is 1. The summed E-state index contributed by atoms with van der Waals surface area (Å²) in [5.41, 5.74) is 1.31. The predicted octanol–water partition coefficient (Wildman–Crippen LogP) is 1.19. The second-order valence-corrected chi connectivity index (χ2v) is 3.90. The number of nitrogens with zero attached hydrogens (tertiary/aromatic N) is 1. The molecule has 0 atom stereocenters.